The molecule has 0 aliphatic rings. The first-order valence-electron chi connectivity index (χ1n) is 11.6. The molecule has 0 bridgehead atoms. The third-order valence-electron chi connectivity index (χ3n) is 5.82. The van der Waals surface area contributed by atoms with Gasteiger partial charge < -0.3 is 14.6 Å². The molecule has 3 rings (SSSR count). The number of methoxy groups -OCH3 is 1. The highest BCUT2D eigenvalue weighted by molar-refractivity contribution is 7.91. The lowest BCUT2D eigenvalue weighted by Crippen LogP contribution is -2.37. The van der Waals surface area contributed by atoms with Crippen molar-refractivity contribution in [2.45, 2.75) is 49.8 Å². The van der Waals surface area contributed by atoms with Gasteiger partial charge in [0.2, 0.25) is 0 Å². The highest BCUT2D eigenvalue weighted by atomic mass is 32.2. The van der Waals surface area contributed by atoms with E-state index in [2.05, 4.69) is 0 Å². The number of fused-ring (bicyclic) bond motifs is 1. The first-order chi connectivity index (χ1) is 16.6. The molecule has 0 amide bonds. The number of nitrogens with zero attached hydrogens (tertiary/aromatic N) is 1. The van der Waals surface area contributed by atoms with Gasteiger partial charge in [-0.25, -0.2) is 13.2 Å². The van der Waals surface area contributed by atoms with Gasteiger partial charge in [0, 0.05) is 24.9 Å². The minimum atomic E-state index is -3.67. The first-order valence-corrected chi connectivity index (χ1v) is 13.9. The van der Waals surface area contributed by atoms with Crippen molar-refractivity contribution in [1.82, 2.24) is 4.31 Å². The van der Waals surface area contributed by atoms with Crippen molar-refractivity contribution in [2.75, 3.05) is 26.8 Å². The summed E-state index contributed by atoms with van der Waals surface area (Å²) in [4.78, 5) is 11.3. The molecule has 0 aliphatic carbocycles. The van der Waals surface area contributed by atoms with Gasteiger partial charge in [-0.3, -0.25) is 0 Å². The van der Waals surface area contributed by atoms with Crippen molar-refractivity contribution >= 4 is 37.4 Å². The van der Waals surface area contributed by atoms with E-state index >= 15 is 0 Å². The summed E-state index contributed by atoms with van der Waals surface area (Å²) in [6, 6.07) is 15.0. The SMILES string of the molecule is CCc1c(S(=O)(=O)N(CCCc2ccc(OC(C)(C)C(=O)O)cc2)CCOC)sc2ccccc12. The van der Waals surface area contributed by atoms with Gasteiger partial charge in [-0.1, -0.05) is 37.3 Å². The van der Waals surface area contributed by atoms with Crippen LogP contribution in [0.5, 0.6) is 5.75 Å². The number of thiophene rings is 1. The van der Waals surface area contributed by atoms with Crippen molar-refractivity contribution in [3.63, 3.8) is 0 Å². The van der Waals surface area contributed by atoms with E-state index in [-0.39, 0.29) is 6.54 Å². The molecule has 1 aromatic heterocycles. The van der Waals surface area contributed by atoms with Crippen molar-refractivity contribution in [3.05, 3.63) is 59.7 Å². The number of hydrogen-bond donors (Lipinski definition) is 1. The van der Waals surface area contributed by atoms with E-state index < -0.39 is 21.6 Å². The fourth-order valence-corrected chi connectivity index (χ4v) is 7.32. The first kappa shape index (κ1) is 27.1. The zero-order chi connectivity index (χ0) is 25.6. The van der Waals surface area contributed by atoms with Gasteiger partial charge in [-0.05, 0) is 67.8 Å². The highest BCUT2D eigenvalue weighted by Crippen LogP contribution is 2.36. The third kappa shape index (κ3) is 6.41. The predicted molar refractivity (Wildman–Crippen MR) is 139 cm³/mol. The molecule has 0 atom stereocenters. The van der Waals surface area contributed by atoms with Crippen LogP contribution in [0, 0.1) is 0 Å². The van der Waals surface area contributed by atoms with Crippen LogP contribution >= 0.6 is 11.3 Å². The molecule has 3 aromatic rings. The monoisotopic (exact) mass is 519 g/mol. The van der Waals surface area contributed by atoms with Crippen LogP contribution in [0.15, 0.2) is 52.7 Å². The number of sulfonamides is 1. The van der Waals surface area contributed by atoms with Crippen LogP contribution in [-0.2, 0) is 32.4 Å². The summed E-state index contributed by atoms with van der Waals surface area (Å²) in [7, 11) is -2.10. The molecule has 0 saturated carbocycles. The van der Waals surface area contributed by atoms with Crippen molar-refractivity contribution in [1.29, 1.82) is 0 Å². The summed E-state index contributed by atoms with van der Waals surface area (Å²) in [5.74, 6) is -0.564. The predicted octanol–water partition coefficient (Wildman–Crippen LogP) is 4.98. The van der Waals surface area contributed by atoms with Gasteiger partial charge in [0.05, 0.1) is 6.61 Å². The summed E-state index contributed by atoms with van der Waals surface area (Å²) in [6.45, 7) is 5.95. The van der Waals surface area contributed by atoms with Crippen LogP contribution in [0.25, 0.3) is 10.1 Å². The van der Waals surface area contributed by atoms with E-state index in [9.17, 15) is 18.3 Å². The number of carbonyl (C=O) groups is 1. The molecule has 2 aromatic carbocycles. The summed E-state index contributed by atoms with van der Waals surface area (Å²) in [5.41, 5.74) is 0.570. The number of carboxylic acids is 1. The Labute approximate surface area is 211 Å². The lowest BCUT2D eigenvalue weighted by Gasteiger charge is -2.22. The maximum atomic E-state index is 13.7. The van der Waals surface area contributed by atoms with Crippen molar-refractivity contribution in [2.24, 2.45) is 0 Å². The quantitative estimate of drug-likeness (QED) is 0.343. The Hall–Kier alpha value is -2.46. The average Bonchev–Trinajstić information content (AvgIpc) is 3.21. The smallest absolute Gasteiger partial charge is 0.347 e. The number of benzene rings is 2. The molecule has 0 aliphatic heterocycles. The number of aryl methyl sites for hydroxylation is 2. The molecule has 9 heteroatoms. The van der Waals surface area contributed by atoms with Crippen molar-refractivity contribution < 1.29 is 27.8 Å². The third-order valence-corrected chi connectivity index (χ3v) is 9.47. The fraction of sp³-hybridized carbons (Fsp3) is 0.423. The van der Waals surface area contributed by atoms with Crippen LogP contribution in [0.1, 0.15) is 38.3 Å². The Balaban J connectivity index is 1.72. The molecule has 0 fully saturated rings. The Morgan fingerprint density at radius 1 is 1.09 bits per heavy atom. The van der Waals surface area contributed by atoms with E-state index in [1.807, 2.05) is 43.3 Å². The van der Waals surface area contributed by atoms with Gasteiger partial charge in [0.25, 0.3) is 10.0 Å². The molecule has 0 saturated heterocycles. The van der Waals surface area contributed by atoms with Gasteiger partial charge in [-0.15, -0.1) is 11.3 Å². The molecule has 0 unspecified atom stereocenters. The lowest BCUT2D eigenvalue weighted by atomic mass is 10.1. The summed E-state index contributed by atoms with van der Waals surface area (Å²) >= 11 is 1.33. The summed E-state index contributed by atoms with van der Waals surface area (Å²) in [6.07, 6.45) is 1.95. The molecule has 190 valence electrons. The van der Waals surface area contributed by atoms with Crippen molar-refractivity contribution in [3.8, 4) is 5.75 Å². The fourth-order valence-electron chi connectivity index (χ4n) is 3.80. The van der Waals surface area contributed by atoms with Crippen LogP contribution in [-0.4, -0.2) is 56.2 Å². The van der Waals surface area contributed by atoms with Crippen LogP contribution in [0.4, 0.5) is 0 Å². The van der Waals surface area contributed by atoms with E-state index in [0.29, 0.717) is 42.4 Å². The maximum absolute atomic E-state index is 13.7. The van der Waals surface area contributed by atoms with Gasteiger partial charge in [-0.2, -0.15) is 4.31 Å². The van der Waals surface area contributed by atoms with Crippen LogP contribution in [0.3, 0.4) is 0 Å². The second-order valence-corrected chi connectivity index (χ2v) is 12.0. The average molecular weight is 520 g/mol. The maximum Gasteiger partial charge on any atom is 0.347 e. The molecule has 0 spiro atoms. The Kier molecular flexibility index (Phi) is 8.93. The molecule has 0 radical (unpaired) electrons. The van der Waals surface area contributed by atoms with Crippen LogP contribution < -0.4 is 4.74 Å². The minimum absolute atomic E-state index is 0.285. The molecular formula is C26H33NO6S2. The van der Waals surface area contributed by atoms with E-state index in [1.54, 1.807) is 19.2 Å². The zero-order valence-corrected chi connectivity index (χ0v) is 22.2. The normalized spacial score (nSPS) is 12.4. The Bertz CT molecular complexity index is 1250. The second-order valence-electron chi connectivity index (χ2n) is 8.78. The molecular weight excluding hydrogens is 486 g/mol. The number of carboxylic acid groups (broad SMARTS) is 1. The zero-order valence-electron chi connectivity index (χ0n) is 20.6. The summed E-state index contributed by atoms with van der Waals surface area (Å²) in [5, 5.41) is 10.2. The Morgan fingerprint density at radius 3 is 2.40 bits per heavy atom. The van der Waals surface area contributed by atoms with Gasteiger partial charge in [0.1, 0.15) is 9.96 Å². The van der Waals surface area contributed by atoms with E-state index in [1.165, 1.54) is 29.5 Å². The summed E-state index contributed by atoms with van der Waals surface area (Å²) < 4.78 is 41.0. The van der Waals surface area contributed by atoms with Gasteiger partial charge in [0.15, 0.2) is 5.60 Å². The van der Waals surface area contributed by atoms with Gasteiger partial charge >= 0.3 is 5.97 Å². The second kappa shape index (κ2) is 11.5. The largest absolute Gasteiger partial charge is 0.478 e. The van der Waals surface area contributed by atoms with Crippen LogP contribution in [0.2, 0.25) is 0 Å². The highest BCUT2D eigenvalue weighted by Gasteiger charge is 2.30. The molecule has 1 heterocycles. The standard InChI is InChI=1S/C26H33NO6S2/c1-5-21-22-10-6-7-11-23(22)34-24(21)35(30,31)27(17-18-32-4)16-8-9-19-12-14-20(15-13-19)33-26(2,3)25(28)29/h6-7,10-15H,5,8-9,16-18H2,1-4H3,(H,28,29). The number of ether oxygens (including phenoxy) is 2. The lowest BCUT2D eigenvalue weighted by molar-refractivity contribution is -0.152. The Morgan fingerprint density at radius 2 is 1.77 bits per heavy atom. The minimum Gasteiger partial charge on any atom is -0.478 e. The molecule has 35 heavy (non-hydrogen) atoms. The van der Waals surface area contributed by atoms with E-state index in [0.717, 1.165) is 21.2 Å². The number of aliphatic carboxylic acids is 1. The molecule has 7 nitrogen and oxygen atoms in total. The number of hydrogen-bond acceptors (Lipinski definition) is 6. The van der Waals surface area contributed by atoms with E-state index in [4.69, 9.17) is 9.47 Å². The topological polar surface area (TPSA) is 93.1 Å². The number of rotatable bonds is 13. The molecule has 1 N–H and O–H groups in total.